The van der Waals surface area contributed by atoms with Crippen molar-refractivity contribution in [3.05, 3.63) is 58.1 Å². The summed E-state index contributed by atoms with van der Waals surface area (Å²) in [5.41, 5.74) is 1.94. The number of benzene rings is 1. The summed E-state index contributed by atoms with van der Waals surface area (Å²) in [6.07, 6.45) is 1.42. The van der Waals surface area contributed by atoms with Crippen LogP contribution in [0, 0.1) is 6.92 Å². The first-order chi connectivity index (χ1) is 17.1. The number of nitrogens with one attached hydrogen (secondary N) is 1. The van der Waals surface area contributed by atoms with Gasteiger partial charge >= 0.3 is 17.8 Å². The molecule has 1 N–H and O–H groups in total. The second kappa shape index (κ2) is 10.6. The Morgan fingerprint density at radius 2 is 2.00 bits per heavy atom. The number of aromatic nitrogens is 3. The van der Waals surface area contributed by atoms with E-state index >= 15 is 0 Å². The predicted molar refractivity (Wildman–Crippen MR) is 124 cm³/mol. The van der Waals surface area contributed by atoms with E-state index in [1.807, 2.05) is 0 Å². The molecule has 1 amide bonds. The quantitative estimate of drug-likeness (QED) is 0.443. The number of carbonyl (C=O) groups is 2. The van der Waals surface area contributed by atoms with Crippen LogP contribution in [-0.2, 0) is 11.3 Å². The molecule has 2 aromatic heterocycles. The first-order valence-electron chi connectivity index (χ1n) is 11.2. The van der Waals surface area contributed by atoms with Gasteiger partial charge in [0, 0.05) is 37.2 Å². The number of rotatable bonds is 7. The first-order valence-corrected chi connectivity index (χ1v) is 11.5. The number of esters is 1. The van der Waals surface area contributed by atoms with Crippen molar-refractivity contribution >= 4 is 23.5 Å². The van der Waals surface area contributed by atoms with Crippen LogP contribution in [0.3, 0.4) is 0 Å². The van der Waals surface area contributed by atoms with Crippen molar-refractivity contribution in [2.45, 2.75) is 51.2 Å². The van der Waals surface area contributed by atoms with E-state index in [1.54, 1.807) is 25.1 Å². The average Bonchev–Trinajstić information content (AvgIpc) is 3.35. The molecule has 190 valence electrons. The summed E-state index contributed by atoms with van der Waals surface area (Å²) in [5.74, 6) is -3.55. The van der Waals surface area contributed by atoms with Gasteiger partial charge in [-0.1, -0.05) is 22.8 Å². The average molecular weight is 521 g/mol. The van der Waals surface area contributed by atoms with Gasteiger partial charge in [0.05, 0.1) is 17.7 Å². The Morgan fingerprint density at radius 3 is 2.64 bits per heavy atom. The van der Waals surface area contributed by atoms with E-state index in [1.165, 1.54) is 19.4 Å². The monoisotopic (exact) mass is 520 g/mol. The summed E-state index contributed by atoms with van der Waals surface area (Å²) < 4.78 is 42.0. The molecule has 0 atom stereocenters. The van der Waals surface area contributed by atoms with Crippen LogP contribution in [0.4, 0.5) is 8.78 Å². The molecule has 0 aliphatic heterocycles. The number of hydrogen-bond donors (Lipinski definition) is 1. The fourth-order valence-electron chi connectivity index (χ4n) is 3.81. The molecule has 0 unspecified atom stereocenters. The van der Waals surface area contributed by atoms with Crippen LogP contribution in [0.2, 0.25) is 5.02 Å². The van der Waals surface area contributed by atoms with E-state index in [0.29, 0.717) is 22.6 Å². The van der Waals surface area contributed by atoms with Crippen LogP contribution < -0.4 is 10.1 Å². The van der Waals surface area contributed by atoms with E-state index in [9.17, 15) is 18.4 Å². The van der Waals surface area contributed by atoms with Gasteiger partial charge in [0.15, 0.2) is 0 Å². The van der Waals surface area contributed by atoms with Crippen molar-refractivity contribution in [2.24, 2.45) is 0 Å². The molecule has 9 nitrogen and oxygen atoms in total. The summed E-state index contributed by atoms with van der Waals surface area (Å²) in [5, 5.41) is 6.64. The Labute approximate surface area is 210 Å². The van der Waals surface area contributed by atoms with Crippen molar-refractivity contribution in [3.8, 4) is 17.3 Å². The third-order valence-corrected chi connectivity index (χ3v) is 6.06. The molecule has 0 saturated heterocycles. The van der Waals surface area contributed by atoms with Gasteiger partial charge in [-0.3, -0.25) is 4.79 Å². The highest BCUT2D eigenvalue weighted by atomic mass is 35.5. The van der Waals surface area contributed by atoms with Crippen molar-refractivity contribution in [1.82, 2.24) is 20.4 Å². The molecule has 0 radical (unpaired) electrons. The number of halogens is 3. The Hall–Kier alpha value is -3.60. The van der Waals surface area contributed by atoms with Gasteiger partial charge in [-0.25, -0.2) is 18.6 Å². The number of nitrogens with zero attached hydrogens (tertiary/aromatic N) is 3. The summed E-state index contributed by atoms with van der Waals surface area (Å²) in [4.78, 5) is 32.6. The van der Waals surface area contributed by atoms with Crippen LogP contribution >= 0.6 is 11.6 Å². The Kier molecular flexibility index (Phi) is 7.48. The molecule has 1 aliphatic carbocycles. The second-order valence-corrected chi connectivity index (χ2v) is 8.83. The first kappa shape index (κ1) is 25.5. The lowest BCUT2D eigenvalue weighted by molar-refractivity contribution is -0.0588. The van der Waals surface area contributed by atoms with Gasteiger partial charge in [-0.05, 0) is 43.0 Å². The summed E-state index contributed by atoms with van der Waals surface area (Å²) in [6.45, 7) is 1.82. The molecule has 1 aliphatic rings. The molecule has 2 heterocycles. The molecule has 12 heteroatoms. The van der Waals surface area contributed by atoms with Crippen LogP contribution in [-0.4, -0.2) is 46.1 Å². The molecule has 1 aromatic carbocycles. The van der Waals surface area contributed by atoms with Crippen LogP contribution in [0.1, 0.15) is 57.9 Å². The molecule has 3 aromatic rings. The van der Waals surface area contributed by atoms with E-state index in [2.05, 4.69) is 20.4 Å². The standard InChI is InChI=1S/C24H23ClF2N4O5/c1-13-9-15(10-17(25)19(13)23(33)34-2)20-30-22(36-31-20)21(32)29-12-14-3-4-18(28-11-14)35-16-5-7-24(26,27)8-6-16/h3-4,9-11,16H,5-8,12H2,1-2H3,(H,29,32). The maximum absolute atomic E-state index is 13.3. The van der Waals surface area contributed by atoms with Gasteiger partial charge in [0.25, 0.3) is 0 Å². The summed E-state index contributed by atoms with van der Waals surface area (Å²) >= 11 is 6.21. The molecule has 1 fully saturated rings. The zero-order chi connectivity index (χ0) is 25.9. The fourth-order valence-corrected chi connectivity index (χ4v) is 4.16. The predicted octanol–water partition coefficient (Wildman–Crippen LogP) is 4.77. The normalized spacial score (nSPS) is 15.4. The topological polar surface area (TPSA) is 116 Å². The van der Waals surface area contributed by atoms with Crippen molar-refractivity contribution in [1.29, 1.82) is 0 Å². The minimum atomic E-state index is -2.62. The molecule has 0 bridgehead atoms. The van der Waals surface area contributed by atoms with Gasteiger partial charge in [0.1, 0.15) is 6.10 Å². The van der Waals surface area contributed by atoms with Gasteiger partial charge in [0.2, 0.25) is 17.6 Å². The maximum Gasteiger partial charge on any atom is 0.339 e. The number of hydrogen-bond acceptors (Lipinski definition) is 8. The van der Waals surface area contributed by atoms with Crippen LogP contribution in [0.15, 0.2) is 35.0 Å². The number of amides is 1. The zero-order valence-electron chi connectivity index (χ0n) is 19.5. The Balaban J connectivity index is 1.33. The van der Waals surface area contributed by atoms with Crippen LogP contribution in [0.5, 0.6) is 5.88 Å². The summed E-state index contributed by atoms with van der Waals surface area (Å²) in [6, 6.07) is 6.47. The maximum atomic E-state index is 13.3. The van der Waals surface area contributed by atoms with E-state index in [4.69, 9.17) is 25.6 Å². The minimum Gasteiger partial charge on any atom is -0.474 e. The second-order valence-electron chi connectivity index (χ2n) is 8.43. The van der Waals surface area contributed by atoms with Crippen molar-refractivity contribution < 1.29 is 32.4 Å². The highest BCUT2D eigenvalue weighted by Gasteiger charge is 2.35. The molecule has 0 spiro atoms. The number of pyridine rings is 1. The Morgan fingerprint density at radius 1 is 1.25 bits per heavy atom. The van der Waals surface area contributed by atoms with Crippen molar-refractivity contribution in [3.63, 3.8) is 0 Å². The van der Waals surface area contributed by atoms with Gasteiger partial charge in [-0.2, -0.15) is 4.98 Å². The molecule has 1 saturated carbocycles. The van der Waals surface area contributed by atoms with E-state index < -0.39 is 17.8 Å². The number of ether oxygens (including phenoxy) is 2. The molecule has 36 heavy (non-hydrogen) atoms. The third kappa shape index (κ3) is 5.96. The van der Waals surface area contributed by atoms with Crippen molar-refractivity contribution in [2.75, 3.05) is 7.11 Å². The Bertz CT molecular complexity index is 1230. The summed E-state index contributed by atoms with van der Waals surface area (Å²) in [7, 11) is 1.26. The zero-order valence-corrected chi connectivity index (χ0v) is 20.3. The number of methoxy groups -OCH3 is 1. The molecular formula is C24H23ClF2N4O5. The number of carbonyl (C=O) groups excluding carboxylic acids is 2. The van der Waals surface area contributed by atoms with Crippen LogP contribution in [0.25, 0.3) is 11.4 Å². The van der Waals surface area contributed by atoms with Gasteiger partial charge < -0.3 is 19.3 Å². The lowest BCUT2D eigenvalue weighted by Gasteiger charge is -2.28. The fraction of sp³-hybridized carbons (Fsp3) is 0.375. The smallest absolute Gasteiger partial charge is 0.339 e. The SMILES string of the molecule is COC(=O)c1c(C)cc(-c2noc(C(=O)NCc3ccc(OC4CCC(F)(F)CC4)nc3)n2)cc1Cl. The number of aryl methyl sites for hydroxylation is 1. The minimum absolute atomic E-state index is 0.130. The lowest BCUT2D eigenvalue weighted by atomic mass is 9.94. The number of alkyl halides is 2. The van der Waals surface area contributed by atoms with E-state index in [-0.39, 0.29) is 60.6 Å². The highest BCUT2D eigenvalue weighted by Crippen LogP contribution is 2.34. The van der Waals surface area contributed by atoms with Gasteiger partial charge in [-0.15, -0.1) is 0 Å². The highest BCUT2D eigenvalue weighted by molar-refractivity contribution is 6.34. The van der Waals surface area contributed by atoms with E-state index in [0.717, 1.165) is 0 Å². The largest absolute Gasteiger partial charge is 0.474 e. The molecular weight excluding hydrogens is 498 g/mol. The lowest BCUT2D eigenvalue weighted by Crippen LogP contribution is -2.30. The third-order valence-electron chi connectivity index (χ3n) is 5.76. The molecule has 4 rings (SSSR count).